The molecule has 0 atom stereocenters. The van der Waals surface area contributed by atoms with E-state index in [1.807, 2.05) is 0 Å². The first-order valence-electron chi connectivity index (χ1n) is 3.62. The highest BCUT2D eigenvalue weighted by Crippen LogP contribution is 2.22. The summed E-state index contributed by atoms with van der Waals surface area (Å²) >= 11 is 1.70. The van der Waals surface area contributed by atoms with Crippen LogP contribution in [0.1, 0.15) is 5.56 Å². The van der Waals surface area contributed by atoms with Crippen LogP contribution < -0.4 is 4.72 Å². The maximum absolute atomic E-state index is 3.23. The lowest BCUT2D eigenvalue weighted by Crippen LogP contribution is -1.99. The van der Waals surface area contributed by atoms with Crippen molar-refractivity contribution in [2.24, 2.45) is 0 Å². The second-order valence-electron chi connectivity index (χ2n) is 2.39. The molecule has 56 valence electrons. The zero-order valence-corrected chi connectivity index (χ0v) is 6.90. The number of hydrogen-bond donors (Lipinski definition) is 1. The average molecular weight is 163 g/mol. The van der Waals surface area contributed by atoms with Crippen molar-refractivity contribution in [3.63, 3.8) is 0 Å². The smallest absolute Gasteiger partial charge is 0.0300 e. The molecular weight excluding hydrogens is 154 g/mol. The van der Waals surface area contributed by atoms with Crippen molar-refractivity contribution in [2.75, 3.05) is 6.54 Å². The van der Waals surface area contributed by atoms with Gasteiger partial charge in [-0.1, -0.05) is 30.4 Å². The van der Waals surface area contributed by atoms with Crippen molar-refractivity contribution >= 4 is 18.0 Å². The minimum Gasteiger partial charge on any atom is -0.256 e. The lowest BCUT2D eigenvalue weighted by Gasteiger charge is -2.00. The van der Waals surface area contributed by atoms with E-state index in [0.717, 1.165) is 6.54 Å². The molecule has 0 unspecified atom stereocenters. The van der Waals surface area contributed by atoms with Gasteiger partial charge in [0.05, 0.1) is 0 Å². The maximum atomic E-state index is 3.23. The van der Waals surface area contributed by atoms with Gasteiger partial charge in [-0.3, -0.25) is 4.72 Å². The Bertz CT molecular complexity index is 281. The van der Waals surface area contributed by atoms with E-state index in [1.165, 1.54) is 10.5 Å². The SMILES string of the molecule is C1=Cc2ccccc2SNC1. The van der Waals surface area contributed by atoms with Crippen molar-refractivity contribution in [1.82, 2.24) is 4.72 Å². The van der Waals surface area contributed by atoms with E-state index in [1.54, 1.807) is 11.9 Å². The van der Waals surface area contributed by atoms with Crippen LogP contribution in [0.3, 0.4) is 0 Å². The van der Waals surface area contributed by atoms with E-state index in [2.05, 4.69) is 41.1 Å². The van der Waals surface area contributed by atoms with Crippen LogP contribution in [0, 0.1) is 0 Å². The molecule has 2 heteroatoms. The van der Waals surface area contributed by atoms with Crippen molar-refractivity contribution in [3.05, 3.63) is 35.9 Å². The van der Waals surface area contributed by atoms with Crippen LogP contribution in [-0.2, 0) is 0 Å². The van der Waals surface area contributed by atoms with Crippen LogP contribution in [-0.4, -0.2) is 6.54 Å². The summed E-state index contributed by atoms with van der Waals surface area (Å²) in [6.45, 7) is 0.944. The molecule has 0 amide bonds. The Morgan fingerprint density at radius 3 is 3.18 bits per heavy atom. The van der Waals surface area contributed by atoms with Crippen molar-refractivity contribution in [1.29, 1.82) is 0 Å². The number of rotatable bonds is 0. The molecule has 1 nitrogen and oxygen atoms in total. The first-order chi connectivity index (χ1) is 5.47. The molecule has 1 heterocycles. The highest BCUT2D eigenvalue weighted by molar-refractivity contribution is 7.97. The number of hydrogen-bond acceptors (Lipinski definition) is 2. The monoisotopic (exact) mass is 163 g/mol. The van der Waals surface area contributed by atoms with E-state index in [9.17, 15) is 0 Å². The molecule has 0 aromatic heterocycles. The summed E-state index contributed by atoms with van der Waals surface area (Å²) < 4.78 is 3.23. The molecule has 0 aliphatic carbocycles. The third kappa shape index (κ3) is 1.47. The summed E-state index contributed by atoms with van der Waals surface area (Å²) in [6.07, 6.45) is 4.29. The summed E-state index contributed by atoms with van der Waals surface area (Å²) in [5.74, 6) is 0. The molecular formula is C9H9NS. The van der Waals surface area contributed by atoms with Gasteiger partial charge in [0.15, 0.2) is 0 Å². The Balaban J connectivity index is 2.45. The predicted octanol–water partition coefficient (Wildman–Crippen LogP) is 2.31. The first-order valence-corrected chi connectivity index (χ1v) is 4.44. The first kappa shape index (κ1) is 6.95. The normalized spacial score (nSPS) is 15.6. The highest BCUT2D eigenvalue weighted by atomic mass is 32.2. The Labute approximate surface area is 70.6 Å². The van der Waals surface area contributed by atoms with Gasteiger partial charge in [0, 0.05) is 11.4 Å². The van der Waals surface area contributed by atoms with Crippen molar-refractivity contribution < 1.29 is 0 Å². The zero-order chi connectivity index (χ0) is 7.52. The van der Waals surface area contributed by atoms with E-state index < -0.39 is 0 Å². The van der Waals surface area contributed by atoms with E-state index in [0.29, 0.717) is 0 Å². The Hall–Kier alpha value is -0.730. The minimum atomic E-state index is 0.944. The minimum absolute atomic E-state index is 0.944. The fourth-order valence-corrected chi connectivity index (χ4v) is 1.80. The van der Waals surface area contributed by atoms with Crippen LogP contribution in [0.25, 0.3) is 6.08 Å². The van der Waals surface area contributed by atoms with Crippen LogP contribution >= 0.6 is 11.9 Å². The number of nitrogens with one attached hydrogen (secondary N) is 1. The number of fused-ring (bicyclic) bond motifs is 1. The third-order valence-electron chi connectivity index (χ3n) is 1.60. The van der Waals surface area contributed by atoms with Gasteiger partial charge in [-0.25, -0.2) is 0 Å². The molecule has 0 saturated heterocycles. The third-order valence-corrected chi connectivity index (χ3v) is 2.50. The Morgan fingerprint density at radius 1 is 1.27 bits per heavy atom. The molecule has 11 heavy (non-hydrogen) atoms. The van der Waals surface area contributed by atoms with Gasteiger partial charge in [0.25, 0.3) is 0 Å². The molecule has 0 bridgehead atoms. The Kier molecular flexibility index (Phi) is 1.97. The fraction of sp³-hybridized carbons (Fsp3) is 0.111. The van der Waals surface area contributed by atoms with E-state index >= 15 is 0 Å². The molecule has 0 fully saturated rings. The second-order valence-corrected chi connectivity index (χ2v) is 3.32. The standard InChI is InChI=1S/C9H9NS/c1-2-6-9-8(4-1)5-3-7-10-11-9/h1-6,10H,7H2. The van der Waals surface area contributed by atoms with E-state index in [-0.39, 0.29) is 0 Å². The summed E-state index contributed by atoms with van der Waals surface area (Å²) in [7, 11) is 0. The van der Waals surface area contributed by atoms with Crippen LogP contribution in [0.4, 0.5) is 0 Å². The maximum Gasteiger partial charge on any atom is 0.0300 e. The van der Waals surface area contributed by atoms with Gasteiger partial charge in [-0.05, 0) is 23.6 Å². The van der Waals surface area contributed by atoms with Gasteiger partial charge < -0.3 is 0 Å². The van der Waals surface area contributed by atoms with E-state index in [4.69, 9.17) is 0 Å². The molecule has 1 aliphatic heterocycles. The van der Waals surface area contributed by atoms with Gasteiger partial charge in [-0.2, -0.15) is 0 Å². The summed E-state index contributed by atoms with van der Waals surface area (Å²) in [5, 5.41) is 0. The fourth-order valence-electron chi connectivity index (χ4n) is 1.06. The second kappa shape index (κ2) is 3.11. The quantitative estimate of drug-likeness (QED) is 0.589. The van der Waals surface area contributed by atoms with Gasteiger partial charge >= 0.3 is 0 Å². The molecule has 0 saturated carbocycles. The largest absolute Gasteiger partial charge is 0.256 e. The van der Waals surface area contributed by atoms with Crippen molar-refractivity contribution in [3.8, 4) is 0 Å². The molecule has 1 aromatic rings. The molecule has 1 aromatic carbocycles. The number of benzene rings is 1. The van der Waals surface area contributed by atoms with Gasteiger partial charge in [-0.15, -0.1) is 0 Å². The van der Waals surface area contributed by atoms with Crippen LogP contribution in [0.15, 0.2) is 35.2 Å². The van der Waals surface area contributed by atoms with Gasteiger partial charge in [0.2, 0.25) is 0 Å². The topological polar surface area (TPSA) is 12.0 Å². The highest BCUT2D eigenvalue weighted by Gasteiger charge is 2.00. The summed E-state index contributed by atoms with van der Waals surface area (Å²) in [6, 6.07) is 8.39. The molecule has 0 spiro atoms. The summed E-state index contributed by atoms with van der Waals surface area (Å²) in [4.78, 5) is 1.31. The van der Waals surface area contributed by atoms with Crippen LogP contribution in [0.2, 0.25) is 0 Å². The Morgan fingerprint density at radius 2 is 2.18 bits per heavy atom. The average Bonchev–Trinajstić information content (AvgIpc) is 2.28. The molecule has 0 radical (unpaired) electrons. The van der Waals surface area contributed by atoms with Gasteiger partial charge in [0.1, 0.15) is 0 Å². The van der Waals surface area contributed by atoms with Crippen molar-refractivity contribution in [2.45, 2.75) is 4.90 Å². The molecule has 1 aliphatic rings. The lowest BCUT2D eigenvalue weighted by atomic mass is 10.2. The van der Waals surface area contributed by atoms with Crippen LogP contribution in [0.5, 0.6) is 0 Å². The predicted molar refractivity (Wildman–Crippen MR) is 49.3 cm³/mol. The zero-order valence-electron chi connectivity index (χ0n) is 6.08. The lowest BCUT2D eigenvalue weighted by molar-refractivity contribution is 1.14. The summed E-state index contributed by atoms with van der Waals surface area (Å²) in [5.41, 5.74) is 1.31. The molecule has 2 rings (SSSR count). The molecule has 1 N–H and O–H groups in total.